The zero-order valence-electron chi connectivity index (χ0n) is 23.4. The lowest BCUT2D eigenvalue weighted by molar-refractivity contribution is -0.168. The van der Waals surface area contributed by atoms with Crippen LogP contribution < -0.4 is 4.74 Å². The molecule has 43 heavy (non-hydrogen) atoms. The Kier molecular flexibility index (Phi) is 6.43. The highest BCUT2D eigenvalue weighted by Gasteiger charge is 2.73. The second-order valence-electron chi connectivity index (χ2n) is 11.3. The standard InChI is InChI=1S/C34H27N3O5S/c1-33(2)28(30(39)42-27(22-12-5-3-6-13-22)23-14-7-4-8-15-23)37-31(40)34(32(37)43-33)20-26(35-36-34)29(38)41-25-18-17-21-11-9-10-16-24(21)19-25/h3-20,27-28,32H,1-2H3/t28-,32+,34?/m0/s1. The predicted octanol–water partition coefficient (Wildman–Crippen LogP) is 6.23. The van der Waals surface area contributed by atoms with Crippen LogP contribution in [0.3, 0.4) is 0 Å². The fraction of sp³-hybridized carbons (Fsp3) is 0.206. The summed E-state index contributed by atoms with van der Waals surface area (Å²) in [6.45, 7) is 3.82. The Labute approximate surface area is 252 Å². The number of carbonyl (C=O) groups is 3. The van der Waals surface area contributed by atoms with Gasteiger partial charge in [0.1, 0.15) is 17.2 Å². The van der Waals surface area contributed by atoms with Gasteiger partial charge in [0, 0.05) is 4.75 Å². The number of amides is 1. The van der Waals surface area contributed by atoms with Crippen LogP contribution in [0, 0.1) is 0 Å². The first-order chi connectivity index (χ1) is 20.8. The number of azo groups is 1. The summed E-state index contributed by atoms with van der Waals surface area (Å²) in [6, 6.07) is 31.3. The number of esters is 2. The Bertz CT molecular complexity index is 1780. The SMILES string of the molecule is CC1(C)S[C@H]2N(C(=O)C23C=C(C(=O)Oc2ccc4ccccc4c2)N=N3)[C@H]1C(=O)OC(c1ccccc1)c1ccccc1. The molecule has 4 aromatic rings. The normalized spacial score (nSPS) is 23.3. The molecule has 9 heteroatoms. The van der Waals surface area contributed by atoms with Gasteiger partial charge in [-0.3, -0.25) is 4.79 Å². The molecule has 0 bridgehead atoms. The van der Waals surface area contributed by atoms with Crippen molar-refractivity contribution in [1.29, 1.82) is 0 Å². The monoisotopic (exact) mass is 589 g/mol. The zero-order chi connectivity index (χ0) is 29.8. The lowest BCUT2D eigenvalue weighted by atomic mass is 9.85. The van der Waals surface area contributed by atoms with Gasteiger partial charge in [-0.05, 0) is 54.0 Å². The minimum Gasteiger partial charge on any atom is -0.451 e. The van der Waals surface area contributed by atoms with Crippen molar-refractivity contribution in [2.75, 3.05) is 0 Å². The maximum absolute atomic E-state index is 13.9. The van der Waals surface area contributed by atoms with Crippen LogP contribution in [0.5, 0.6) is 5.75 Å². The lowest BCUT2D eigenvalue weighted by Crippen LogP contribution is -2.71. The smallest absolute Gasteiger partial charge is 0.364 e. The molecule has 214 valence electrons. The number of ether oxygens (including phenoxy) is 2. The van der Waals surface area contributed by atoms with Crippen LogP contribution in [0.2, 0.25) is 0 Å². The molecule has 3 aliphatic heterocycles. The van der Waals surface area contributed by atoms with Gasteiger partial charge in [-0.2, -0.15) is 5.11 Å². The van der Waals surface area contributed by atoms with Crippen LogP contribution in [-0.2, 0) is 19.1 Å². The highest BCUT2D eigenvalue weighted by molar-refractivity contribution is 8.01. The highest BCUT2D eigenvalue weighted by Crippen LogP contribution is 2.58. The third-order valence-corrected chi connectivity index (χ3v) is 9.68. The molecule has 8 nitrogen and oxygen atoms in total. The number of β-lactam (4-membered cyclic amide) rings is 1. The van der Waals surface area contributed by atoms with Gasteiger partial charge in [0.05, 0.1) is 0 Å². The molecule has 7 rings (SSSR count). The van der Waals surface area contributed by atoms with E-state index in [1.807, 2.05) is 105 Å². The third kappa shape index (κ3) is 4.51. The lowest BCUT2D eigenvalue weighted by Gasteiger charge is -2.47. The minimum atomic E-state index is -1.37. The number of nitrogens with zero attached hydrogens (tertiary/aromatic N) is 3. The topological polar surface area (TPSA) is 97.6 Å². The number of hydrogen-bond acceptors (Lipinski definition) is 8. The number of hydrogen-bond donors (Lipinski definition) is 0. The van der Waals surface area contributed by atoms with Crippen molar-refractivity contribution < 1.29 is 23.9 Å². The van der Waals surface area contributed by atoms with Crippen molar-refractivity contribution in [2.45, 2.75) is 41.7 Å². The summed E-state index contributed by atoms with van der Waals surface area (Å²) in [5.41, 5.74) is 0.248. The van der Waals surface area contributed by atoms with E-state index < -0.39 is 45.7 Å². The van der Waals surface area contributed by atoms with Crippen LogP contribution in [0.15, 0.2) is 125 Å². The summed E-state index contributed by atoms with van der Waals surface area (Å²) in [5.74, 6) is -1.23. The van der Waals surface area contributed by atoms with E-state index >= 15 is 0 Å². The second-order valence-corrected chi connectivity index (χ2v) is 13.0. The van der Waals surface area contributed by atoms with Crippen molar-refractivity contribution in [3.63, 3.8) is 0 Å². The molecule has 0 N–H and O–H groups in total. The Balaban J connectivity index is 1.11. The van der Waals surface area contributed by atoms with Crippen LogP contribution in [0.4, 0.5) is 0 Å². The summed E-state index contributed by atoms with van der Waals surface area (Å²) in [7, 11) is 0. The average molecular weight is 590 g/mol. The number of carbonyl (C=O) groups excluding carboxylic acids is 3. The summed E-state index contributed by atoms with van der Waals surface area (Å²) < 4.78 is 11.1. The van der Waals surface area contributed by atoms with E-state index in [0.29, 0.717) is 5.75 Å². The van der Waals surface area contributed by atoms with E-state index in [4.69, 9.17) is 9.47 Å². The molecular formula is C34H27N3O5S. The van der Waals surface area contributed by atoms with Gasteiger partial charge < -0.3 is 14.4 Å². The highest BCUT2D eigenvalue weighted by atomic mass is 32.2. The first-order valence-electron chi connectivity index (χ1n) is 13.9. The number of thioether (sulfide) groups is 1. The minimum absolute atomic E-state index is 0.0428. The van der Waals surface area contributed by atoms with E-state index in [9.17, 15) is 14.4 Å². The molecule has 0 aromatic heterocycles. The summed E-state index contributed by atoms with van der Waals surface area (Å²) in [4.78, 5) is 42.1. The Morgan fingerprint density at radius 1 is 0.860 bits per heavy atom. The quantitative estimate of drug-likeness (QED) is 0.150. The molecule has 1 unspecified atom stereocenters. The fourth-order valence-corrected chi connectivity index (χ4v) is 7.57. The van der Waals surface area contributed by atoms with Gasteiger partial charge in [-0.25, -0.2) is 9.59 Å². The van der Waals surface area contributed by atoms with Gasteiger partial charge in [0.25, 0.3) is 5.91 Å². The molecule has 4 aromatic carbocycles. The molecule has 1 spiro atoms. The van der Waals surface area contributed by atoms with Crippen LogP contribution in [0.25, 0.3) is 10.8 Å². The van der Waals surface area contributed by atoms with Crippen LogP contribution in [0.1, 0.15) is 31.1 Å². The van der Waals surface area contributed by atoms with E-state index in [1.165, 1.54) is 22.7 Å². The predicted molar refractivity (Wildman–Crippen MR) is 162 cm³/mol. The molecule has 2 saturated heterocycles. The molecular weight excluding hydrogens is 562 g/mol. The zero-order valence-corrected chi connectivity index (χ0v) is 24.2. The van der Waals surface area contributed by atoms with Crippen molar-refractivity contribution in [1.82, 2.24) is 4.90 Å². The van der Waals surface area contributed by atoms with Gasteiger partial charge in [-0.1, -0.05) is 91.0 Å². The maximum Gasteiger partial charge on any atom is 0.364 e. The molecule has 2 fully saturated rings. The van der Waals surface area contributed by atoms with Gasteiger partial charge >= 0.3 is 11.9 Å². The van der Waals surface area contributed by atoms with Gasteiger partial charge in [0.15, 0.2) is 11.8 Å². The molecule has 0 aliphatic carbocycles. The largest absolute Gasteiger partial charge is 0.451 e. The van der Waals surface area contributed by atoms with Crippen molar-refractivity contribution in [3.05, 3.63) is 126 Å². The second kappa shape index (κ2) is 10.2. The fourth-order valence-electron chi connectivity index (χ4n) is 5.93. The molecule has 0 saturated carbocycles. The Morgan fingerprint density at radius 2 is 1.49 bits per heavy atom. The number of benzene rings is 4. The van der Waals surface area contributed by atoms with Crippen molar-refractivity contribution in [2.24, 2.45) is 10.2 Å². The van der Waals surface area contributed by atoms with E-state index in [1.54, 1.807) is 12.1 Å². The third-order valence-electron chi connectivity index (χ3n) is 8.04. The Hall–Kier alpha value is -4.76. The molecule has 3 heterocycles. The summed E-state index contributed by atoms with van der Waals surface area (Å²) in [6.07, 6.45) is 0.829. The molecule has 3 aliphatic rings. The Morgan fingerprint density at radius 3 is 2.16 bits per heavy atom. The average Bonchev–Trinajstić information content (AvgIpc) is 3.60. The maximum atomic E-state index is 13.9. The number of rotatable bonds is 6. The van der Waals surface area contributed by atoms with Crippen molar-refractivity contribution in [3.8, 4) is 5.75 Å². The molecule has 1 amide bonds. The molecule has 3 atom stereocenters. The molecule has 0 radical (unpaired) electrons. The summed E-state index contributed by atoms with van der Waals surface area (Å²) in [5, 5.41) is 9.77. The summed E-state index contributed by atoms with van der Waals surface area (Å²) >= 11 is 1.45. The first-order valence-corrected chi connectivity index (χ1v) is 14.8. The van der Waals surface area contributed by atoms with Gasteiger partial charge in [0.2, 0.25) is 5.54 Å². The number of fused-ring (bicyclic) bond motifs is 3. The van der Waals surface area contributed by atoms with E-state index in [-0.39, 0.29) is 5.70 Å². The first kappa shape index (κ1) is 27.1. The van der Waals surface area contributed by atoms with E-state index in [0.717, 1.165) is 21.9 Å². The van der Waals surface area contributed by atoms with E-state index in [2.05, 4.69) is 10.2 Å². The van der Waals surface area contributed by atoms with Crippen LogP contribution in [-0.4, -0.2) is 44.4 Å². The van der Waals surface area contributed by atoms with Crippen LogP contribution >= 0.6 is 11.8 Å². The van der Waals surface area contributed by atoms with Crippen molar-refractivity contribution >= 4 is 40.4 Å². The van der Waals surface area contributed by atoms with Gasteiger partial charge in [-0.15, -0.1) is 16.9 Å².